The SMILES string of the molecule is CNC(=O)c1ccc(NC(=O)NCCc2ccc(F)c(F)c2)cc1. The lowest BCUT2D eigenvalue weighted by Gasteiger charge is -2.08. The zero-order valence-electron chi connectivity index (χ0n) is 13.0. The van der Waals surface area contributed by atoms with Gasteiger partial charge in [0, 0.05) is 24.8 Å². The number of urea groups is 1. The van der Waals surface area contributed by atoms with E-state index in [1.807, 2.05) is 0 Å². The van der Waals surface area contributed by atoms with E-state index in [0.717, 1.165) is 12.1 Å². The summed E-state index contributed by atoms with van der Waals surface area (Å²) in [5, 5.41) is 7.74. The van der Waals surface area contributed by atoms with Crippen molar-refractivity contribution in [1.82, 2.24) is 10.6 Å². The second kappa shape index (κ2) is 8.05. The van der Waals surface area contributed by atoms with Crippen molar-refractivity contribution in [1.29, 1.82) is 0 Å². The van der Waals surface area contributed by atoms with Crippen LogP contribution >= 0.6 is 0 Å². The number of amides is 3. The van der Waals surface area contributed by atoms with Gasteiger partial charge < -0.3 is 16.0 Å². The van der Waals surface area contributed by atoms with Crippen molar-refractivity contribution in [2.45, 2.75) is 6.42 Å². The Labute approximate surface area is 138 Å². The molecule has 5 nitrogen and oxygen atoms in total. The predicted octanol–water partition coefficient (Wildman–Crippen LogP) is 2.69. The van der Waals surface area contributed by atoms with E-state index in [2.05, 4.69) is 16.0 Å². The minimum Gasteiger partial charge on any atom is -0.355 e. The van der Waals surface area contributed by atoms with Gasteiger partial charge in [-0.15, -0.1) is 0 Å². The third kappa shape index (κ3) is 4.77. The van der Waals surface area contributed by atoms with Gasteiger partial charge in [-0.25, -0.2) is 13.6 Å². The molecule has 0 atom stereocenters. The first-order chi connectivity index (χ1) is 11.5. The molecule has 0 spiro atoms. The highest BCUT2D eigenvalue weighted by molar-refractivity contribution is 5.95. The normalized spacial score (nSPS) is 10.1. The molecule has 0 radical (unpaired) electrons. The topological polar surface area (TPSA) is 70.2 Å². The van der Waals surface area contributed by atoms with E-state index in [0.29, 0.717) is 23.2 Å². The summed E-state index contributed by atoms with van der Waals surface area (Å²) >= 11 is 0. The van der Waals surface area contributed by atoms with Crippen molar-refractivity contribution in [3.63, 3.8) is 0 Å². The van der Waals surface area contributed by atoms with Gasteiger partial charge in [-0.05, 0) is 48.4 Å². The third-order valence-electron chi connectivity index (χ3n) is 3.32. The highest BCUT2D eigenvalue weighted by Crippen LogP contribution is 2.10. The molecule has 3 amide bonds. The van der Waals surface area contributed by atoms with E-state index >= 15 is 0 Å². The molecule has 24 heavy (non-hydrogen) atoms. The molecule has 0 aliphatic rings. The van der Waals surface area contributed by atoms with E-state index in [9.17, 15) is 18.4 Å². The second-order valence-electron chi connectivity index (χ2n) is 5.04. The maximum absolute atomic E-state index is 13.1. The lowest BCUT2D eigenvalue weighted by Crippen LogP contribution is -2.30. The van der Waals surface area contributed by atoms with Crippen LogP contribution in [0.3, 0.4) is 0 Å². The van der Waals surface area contributed by atoms with E-state index in [1.54, 1.807) is 24.3 Å². The van der Waals surface area contributed by atoms with E-state index < -0.39 is 17.7 Å². The highest BCUT2D eigenvalue weighted by Gasteiger charge is 2.06. The molecule has 0 unspecified atom stereocenters. The molecule has 0 aliphatic heterocycles. The van der Waals surface area contributed by atoms with Crippen molar-refractivity contribution >= 4 is 17.6 Å². The Bertz CT molecular complexity index is 733. The van der Waals surface area contributed by atoms with Gasteiger partial charge in [0.2, 0.25) is 0 Å². The first-order valence-corrected chi connectivity index (χ1v) is 7.30. The third-order valence-corrected chi connectivity index (χ3v) is 3.32. The number of halogens is 2. The van der Waals surface area contributed by atoms with Crippen LogP contribution in [0.25, 0.3) is 0 Å². The molecule has 0 aliphatic carbocycles. The fraction of sp³-hybridized carbons (Fsp3) is 0.176. The van der Waals surface area contributed by atoms with Crippen LogP contribution in [0.15, 0.2) is 42.5 Å². The molecule has 3 N–H and O–H groups in total. The van der Waals surface area contributed by atoms with Crippen molar-refractivity contribution in [2.24, 2.45) is 0 Å². The minimum absolute atomic E-state index is 0.211. The van der Waals surface area contributed by atoms with Gasteiger partial charge in [0.1, 0.15) is 0 Å². The van der Waals surface area contributed by atoms with Crippen LogP contribution in [0, 0.1) is 11.6 Å². The molecule has 0 saturated heterocycles. The zero-order chi connectivity index (χ0) is 17.5. The standard InChI is InChI=1S/C17H17F2N3O2/c1-20-16(23)12-3-5-13(6-4-12)22-17(24)21-9-8-11-2-7-14(18)15(19)10-11/h2-7,10H,8-9H2,1H3,(H,20,23)(H2,21,22,24). The van der Waals surface area contributed by atoms with Crippen molar-refractivity contribution < 1.29 is 18.4 Å². The van der Waals surface area contributed by atoms with Gasteiger partial charge in [0.05, 0.1) is 0 Å². The van der Waals surface area contributed by atoms with E-state index in [1.165, 1.54) is 13.1 Å². The van der Waals surface area contributed by atoms with Gasteiger partial charge >= 0.3 is 6.03 Å². The lowest BCUT2D eigenvalue weighted by molar-refractivity contribution is 0.0963. The zero-order valence-corrected chi connectivity index (χ0v) is 13.0. The number of anilines is 1. The number of benzene rings is 2. The number of hydrogen-bond donors (Lipinski definition) is 3. The number of nitrogens with one attached hydrogen (secondary N) is 3. The number of carbonyl (C=O) groups excluding carboxylic acids is 2. The van der Waals surface area contributed by atoms with Gasteiger partial charge in [-0.1, -0.05) is 6.07 Å². The molecule has 2 aromatic rings. The molecule has 0 heterocycles. The molecule has 2 aromatic carbocycles. The average Bonchev–Trinajstić information content (AvgIpc) is 2.58. The predicted molar refractivity (Wildman–Crippen MR) is 86.9 cm³/mol. The molecule has 0 bridgehead atoms. The van der Waals surface area contributed by atoms with Crippen LogP contribution in [-0.4, -0.2) is 25.5 Å². The first-order valence-electron chi connectivity index (χ1n) is 7.30. The van der Waals surface area contributed by atoms with Crippen LogP contribution in [-0.2, 0) is 6.42 Å². The molecule has 0 fully saturated rings. The number of hydrogen-bond acceptors (Lipinski definition) is 2. The Kier molecular flexibility index (Phi) is 5.83. The minimum atomic E-state index is -0.909. The molecule has 126 valence electrons. The summed E-state index contributed by atoms with van der Waals surface area (Å²) in [6, 6.07) is 9.61. The Hall–Kier alpha value is -2.96. The fourth-order valence-electron chi connectivity index (χ4n) is 2.04. The van der Waals surface area contributed by atoms with Crippen LogP contribution in [0.5, 0.6) is 0 Å². The van der Waals surface area contributed by atoms with Crippen LogP contribution in [0.4, 0.5) is 19.3 Å². The van der Waals surface area contributed by atoms with Crippen molar-refractivity contribution in [3.8, 4) is 0 Å². The van der Waals surface area contributed by atoms with Gasteiger partial charge in [-0.2, -0.15) is 0 Å². The molecule has 0 saturated carbocycles. The summed E-state index contributed by atoms with van der Waals surface area (Å²) in [7, 11) is 1.54. The summed E-state index contributed by atoms with van der Waals surface area (Å²) in [5.74, 6) is -2.02. The monoisotopic (exact) mass is 333 g/mol. The Morgan fingerprint density at radius 1 is 1.00 bits per heavy atom. The largest absolute Gasteiger partial charge is 0.355 e. The Balaban J connectivity index is 1.80. The number of rotatable bonds is 5. The maximum Gasteiger partial charge on any atom is 0.319 e. The maximum atomic E-state index is 13.1. The van der Waals surface area contributed by atoms with Crippen molar-refractivity contribution in [2.75, 3.05) is 18.9 Å². The fourth-order valence-corrected chi connectivity index (χ4v) is 2.04. The molecule has 0 aromatic heterocycles. The Morgan fingerprint density at radius 2 is 1.71 bits per heavy atom. The highest BCUT2D eigenvalue weighted by atomic mass is 19.2. The molecular formula is C17H17F2N3O2. The van der Waals surface area contributed by atoms with Crippen LogP contribution < -0.4 is 16.0 Å². The molecule has 7 heteroatoms. The van der Waals surface area contributed by atoms with Gasteiger partial charge in [0.25, 0.3) is 5.91 Å². The van der Waals surface area contributed by atoms with Gasteiger partial charge in [0.15, 0.2) is 11.6 Å². The average molecular weight is 333 g/mol. The van der Waals surface area contributed by atoms with Crippen molar-refractivity contribution in [3.05, 3.63) is 65.2 Å². The number of carbonyl (C=O) groups is 2. The first kappa shape index (κ1) is 17.4. The van der Waals surface area contributed by atoms with E-state index in [4.69, 9.17) is 0 Å². The summed E-state index contributed by atoms with van der Waals surface area (Å²) in [6.45, 7) is 0.271. The lowest BCUT2D eigenvalue weighted by atomic mass is 10.1. The molecule has 2 rings (SSSR count). The smallest absolute Gasteiger partial charge is 0.319 e. The summed E-state index contributed by atoms with van der Waals surface area (Å²) in [5.41, 5.74) is 1.61. The van der Waals surface area contributed by atoms with E-state index in [-0.39, 0.29) is 12.5 Å². The summed E-state index contributed by atoms with van der Waals surface area (Å²) in [4.78, 5) is 23.2. The van der Waals surface area contributed by atoms with Crippen LogP contribution in [0.1, 0.15) is 15.9 Å². The molecular weight excluding hydrogens is 316 g/mol. The van der Waals surface area contributed by atoms with Crippen LogP contribution in [0.2, 0.25) is 0 Å². The Morgan fingerprint density at radius 3 is 2.33 bits per heavy atom. The summed E-state index contributed by atoms with van der Waals surface area (Å²) < 4.78 is 25.9. The second-order valence-corrected chi connectivity index (χ2v) is 5.04. The van der Waals surface area contributed by atoms with Gasteiger partial charge in [-0.3, -0.25) is 4.79 Å². The summed E-state index contributed by atoms with van der Waals surface area (Å²) in [6.07, 6.45) is 0.375. The quantitative estimate of drug-likeness (QED) is 0.787.